The van der Waals surface area contributed by atoms with E-state index in [1.165, 1.54) is 7.11 Å². The van der Waals surface area contributed by atoms with Crippen LogP contribution >= 0.6 is 0 Å². The Bertz CT molecular complexity index is 617. The molecule has 0 fully saturated rings. The number of nitrogens with two attached hydrogens (primary N) is 1. The SMILES string of the molecule is CCc1nc2ccccc2n1CCC(C)(N)C(=O)OC. The first-order valence-corrected chi connectivity index (χ1v) is 6.81. The topological polar surface area (TPSA) is 70.1 Å². The molecule has 1 aromatic heterocycles. The molecular formula is C15H21N3O2. The van der Waals surface area contributed by atoms with Gasteiger partial charge in [-0.1, -0.05) is 19.1 Å². The number of fused-ring (bicyclic) bond motifs is 1. The van der Waals surface area contributed by atoms with Crippen LogP contribution in [0, 0.1) is 0 Å². The molecule has 5 nitrogen and oxygen atoms in total. The van der Waals surface area contributed by atoms with Crippen LogP contribution in [0.2, 0.25) is 0 Å². The molecule has 0 bridgehead atoms. The minimum absolute atomic E-state index is 0.389. The van der Waals surface area contributed by atoms with Gasteiger partial charge >= 0.3 is 5.97 Å². The van der Waals surface area contributed by atoms with Crippen molar-refractivity contribution in [1.82, 2.24) is 9.55 Å². The Morgan fingerprint density at radius 1 is 1.45 bits per heavy atom. The minimum atomic E-state index is -0.981. The van der Waals surface area contributed by atoms with Crippen molar-refractivity contribution >= 4 is 17.0 Å². The van der Waals surface area contributed by atoms with Gasteiger partial charge in [0.25, 0.3) is 0 Å². The van der Waals surface area contributed by atoms with Gasteiger partial charge in [-0.15, -0.1) is 0 Å². The molecular weight excluding hydrogens is 254 g/mol. The van der Waals surface area contributed by atoms with E-state index in [0.29, 0.717) is 13.0 Å². The Labute approximate surface area is 118 Å². The maximum Gasteiger partial charge on any atom is 0.325 e. The van der Waals surface area contributed by atoms with Crippen LogP contribution < -0.4 is 5.73 Å². The number of methoxy groups -OCH3 is 1. The molecule has 2 N–H and O–H groups in total. The fourth-order valence-corrected chi connectivity index (χ4v) is 2.32. The third kappa shape index (κ3) is 2.67. The smallest absolute Gasteiger partial charge is 0.325 e. The molecule has 0 aliphatic rings. The highest BCUT2D eigenvalue weighted by Crippen LogP contribution is 2.19. The van der Waals surface area contributed by atoms with E-state index in [0.717, 1.165) is 23.3 Å². The van der Waals surface area contributed by atoms with E-state index in [4.69, 9.17) is 10.5 Å². The molecule has 1 aromatic carbocycles. The highest BCUT2D eigenvalue weighted by molar-refractivity contribution is 5.80. The summed E-state index contributed by atoms with van der Waals surface area (Å²) in [6.07, 6.45) is 1.35. The molecule has 108 valence electrons. The van der Waals surface area contributed by atoms with E-state index in [-0.39, 0.29) is 5.97 Å². The predicted octanol–water partition coefficient (Wildman–Crippen LogP) is 1.88. The van der Waals surface area contributed by atoms with E-state index in [1.54, 1.807) is 6.92 Å². The largest absolute Gasteiger partial charge is 0.468 e. The quantitative estimate of drug-likeness (QED) is 0.846. The van der Waals surface area contributed by atoms with Crippen LogP contribution in [0.5, 0.6) is 0 Å². The third-order valence-electron chi connectivity index (χ3n) is 3.56. The van der Waals surface area contributed by atoms with Crippen molar-refractivity contribution in [2.24, 2.45) is 5.73 Å². The van der Waals surface area contributed by atoms with Crippen LogP contribution in [-0.4, -0.2) is 28.2 Å². The molecule has 1 heterocycles. The zero-order valence-electron chi connectivity index (χ0n) is 12.2. The van der Waals surface area contributed by atoms with Crippen molar-refractivity contribution in [2.75, 3.05) is 7.11 Å². The summed E-state index contributed by atoms with van der Waals surface area (Å²) >= 11 is 0. The highest BCUT2D eigenvalue weighted by Gasteiger charge is 2.29. The van der Waals surface area contributed by atoms with Crippen LogP contribution in [-0.2, 0) is 22.5 Å². The number of ether oxygens (including phenoxy) is 1. The van der Waals surface area contributed by atoms with Crippen LogP contribution in [0.1, 0.15) is 26.1 Å². The molecule has 0 spiro atoms. The molecule has 2 aromatic rings. The number of para-hydroxylation sites is 2. The van der Waals surface area contributed by atoms with E-state index < -0.39 is 5.54 Å². The van der Waals surface area contributed by atoms with Crippen molar-refractivity contribution < 1.29 is 9.53 Å². The number of nitrogens with zero attached hydrogens (tertiary/aromatic N) is 2. The molecule has 0 aliphatic carbocycles. The lowest BCUT2D eigenvalue weighted by Gasteiger charge is -2.22. The maximum atomic E-state index is 11.6. The summed E-state index contributed by atoms with van der Waals surface area (Å²) < 4.78 is 6.87. The summed E-state index contributed by atoms with van der Waals surface area (Å²) in [7, 11) is 1.36. The summed E-state index contributed by atoms with van der Waals surface area (Å²) in [5.74, 6) is 0.617. The third-order valence-corrected chi connectivity index (χ3v) is 3.56. The van der Waals surface area contributed by atoms with Crippen molar-refractivity contribution in [3.8, 4) is 0 Å². The van der Waals surface area contributed by atoms with Crippen molar-refractivity contribution in [3.63, 3.8) is 0 Å². The number of aryl methyl sites for hydroxylation is 2. The molecule has 5 heteroatoms. The Morgan fingerprint density at radius 2 is 2.15 bits per heavy atom. The van der Waals surface area contributed by atoms with E-state index in [9.17, 15) is 4.79 Å². The number of aromatic nitrogens is 2. The van der Waals surface area contributed by atoms with E-state index in [2.05, 4.69) is 16.5 Å². The Morgan fingerprint density at radius 3 is 2.80 bits per heavy atom. The van der Waals surface area contributed by atoms with Gasteiger partial charge in [-0.25, -0.2) is 4.98 Å². The number of esters is 1. The molecule has 0 radical (unpaired) electrons. The first-order valence-electron chi connectivity index (χ1n) is 6.81. The number of imidazole rings is 1. The molecule has 1 atom stereocenters. The lowest BCUT2D eigenvalue weighted by Crippen LogP contribution is -2.46. The van der Waals surface area contributed by atoms with Gasteiger partial charge in [-0.2, -0.15) is 0 Å². The molecule has 0 aliphatic heterocycles. The highest BCUT2D eigenvalue weighted by atomic mass is 16.5. The average Bonchev–Trinajstić information content (AvgIpc) is 2.82. The average molecular weight is 275 g/mol. The second kappa shape index (κ2) is 5.63. The van der Waals surface area contributed by atoms with Crippen molar-refractivity contribution in [1.29, 1.82) is 0 Å². The zero-order chi connectivity index (χ0) is 14.8. The van der Waals surface area contributed by atoms with Gasteiger partial charge in [0.2, 0.25) is 0 Å². The van der Waals surface area contributed by atoms with Crippen LogP contribution in [0.4, 0.5) is 0 Å². The fourth-order valence-electron chi connectivity index (χ4n) is 2.32. The normalized spacial score (nSPS) is 14.2. The first-order chi connectivity index (χ1) is 9.49. The van der Waals surface area contributed by atoms with E-state index in [1.807, 2.05) is 24.3 Å². The lowest BCUT2D eigenvalue weighted by molar-refractivity contribution is -0.146. The van der Waals surface area contributed by atoms with Gasteiger partial charge in [-0.3, -0.25) is 4.79 Å². The number of hydrogen-bond donors (Lipinski definition) is 1. The molecule has 1 unspecified atom stereocenters. The molecule has 0 amide bonds. The van der Waals surface area contributed by atoms with Crippen LogP contribution in [0.15, 0.2) is 24.3 Å². The summed E-state index contributed by atoms with van der Waals surface area (Å²) in [6.45, 7) is 4.41. The van der Waals surface area contributed by atoms with Crippen LogP contribution in [0.25, 0.3) is 11.0 Å². The van der Waals surface area contributed by atoms with Gasteiger partial charge in [0, 0.05) is 13.0 Å². The minimum Gasteiger partial charge on any atom is -0.468 e. The molecule has 20 heavy (non-hydrogen) atoms. The second-order valence-corrected chi connectivity index (χ2v) is 5.18. The Balaban J connectivity index is 2.27. The maximum absolute atomic E-state index is 11.6. The Kier molecular flexibility index (Phi) is 4.09. The van der Waals surface area contributed by atoms with Crippen LogP contribution in [0.3, 0.4) is 0 Å². The summed E-state index contributed by atoms with van der Waals surface area (Å²) in [5, 5.41) is 0. The zero-order valence-corrected chi connectivity index (χ0v) is 12.2. The second-order valence-electron chi connectivity index (χ2n) is 5.18. The van der Waals surface area contributed by atoms with Gasteiger partial charge in [-0.05, 0) is 25.5 Å². The van der Waals surface area contributed by atoms with Crippen molar-refractivity contribution in [3.05, 3.63) is 30.1 Å². The van der Waals surface area contributed by atoms with Gasteiger partial charge < -0.3 is 15.0 Å². The predicted molar refractivity (Wildman–Crippen MR) is 78.3 cm³/mol. The summed E-state index contributed by atoms with van der Waals surface area (Å²) in [6, 6.07) is 7.99. The number of carbonyl (C=O) groups excluding carboxylic acids is 1. The standard InChI is InChI=1S/C15H21N3O2/c1-4-13-17-11-7-5-6-8-12(11)18(13)10-9-15(2,16)14(19)20-3/h5-8H,4,9-10,16H2,1-3H3. The van der Waals surface area contributed by atoms with E-state index >= 15 is 0 Å². The first kappa shape index (κ1) is 14.5. The van der Waals surface area contributed by atoms with Gasteiger partial charge in [0.15, 0.2) is 0 Å². The fraction of sp³-hybridized carbons (Fsp3) is 0.467. The van der Waals surface area contributed by atoms with Gasteiger partial charge in [0.05, 0.1) is 18.1 Å². The number of benzene rings is 1. The monoisotopic (exact) mass is 275 g/mol. The lowest BCUT2D eigenvalue weighted by atomic mass is 9.99. The van der Waals surface area contributed by atoms with Crippen molar-refractivity contribution in [2.45, 2.75) is 38.8 Å². The summed E-state index contributed by atoms with van der Waals surface area (Å²) in [4.78, 5) is 16.2. The Hall–Kier alpha value is -1.88. The van der Waals surface area contributed by atoms with Gasteiger partial charge in [0.1, 0.15) is 11.4 Å². The number of carbonyl (C=O) groups is 1. The molecule has 0 saturated carbocycles. The summed E-state index contributed by atoms with van der Waals surface area (Å²) in [5.41, 5.74) is 7.08. The number of rotatable bonds is 5. The molecule has 2 rings (SSSR count). The molecule has 0 saturated heterocycles. The number of hydrogen-bond acceptors (Lipinski definition) is 4.